The van der Waals surface area contributed by atoms with E-state index in [4.69, 9.17) is 4.74 Å². The first-order valence-corrected chi connectivity index (χ1v) is 7.50. The van der Waals surface area contributed by atoms with Gasteiger partial charge in [0.05, 0.1) is 19.2 Å². The maximum Gasteiger partial charge on any atom is 0.244 e. The van der Waals surface area contributed by atoms with Gasteiger partial charge < -0.3 is 9.84 Å². The van der Waals surface area contributed by atoms with Crippen molar-refractivity contribution in [3.05, 3.63) is 59.7 Å². The number of hydrogen-bond acceptors (Lipinski definition) is 4. The fraction of sp³-hybridized carbons (Fsp3) is 0.222. The number of para-hydroxylation sites is 1. The molecule has 0 radical (unpaired) electrons. The van der Waals surface area contributed by atoms with Gasteiger partial charge in [-0.05, 0) is 36.2 Å². The van der Waals surface area contributed by atoms with Crippen LogP contribution in [0.5, 0.6) is 11.5 Å². The molecule has 0 spiro atoms. The van der Waals surface area contributed by atoms with Crippen molar-refractivity contribution in [3.8, 4) is 11.5 Å². The smallest absolute Gasteiger partial charge is 0.244 e. The van der Waals surface area contributed by atoms with Gasteiger partial charge in [0.2, 0.25) is 5.91 Å². The van der Waals surface area contributed by atoms with Crippen LogP contribution in [-0.2, 0) is 11.2 Å². The first kappa shape index (κ1) is 16.5. The van der Waals surface area contributed by atoms with E-state index in [0.29, 0.717) is 6.61 Å². The van der Waals surface area contributed by atoms with Gasteiger partial charge in [-0.3, -0.25) is 4.79 Å². The highest BCUT2D eigenvalue weighted by molar-refractivity contribution is 5.85. The van der Waals surface area contributed by atoms with E-state index in [1.54, 1.807) is 30.5 Å². The lowest BCUT2D eigenvalue weighted by Crippen LogP contribution is -2.19. The molecule has 0 bridgehead atoms. The predicted molar refractivity (Wildman–Crippen MR) is 89.8 cm³/mol. The zero-order valence-electron chi connectivity index (χ0n) is 13.0. The number of nitrogens with one attached hydrogen (secondary N) is 1. The zero-order valence-corrected chi connectivity index (χ0v) is 13.0. The Morgan fingerprint density at radius 2 is 1.96 bits per heavy atom. The second-order valence-corrected chi connectivity index (χ2v) is 5.02. The number of aromatic hydroxyl groups is 1. The summed E-state index contributed by atoms with van der Waals surface area (Å²) in [6.07, 6.45) is 2.69. The first-order valence-electron chi connectivity index (χ1n) is 7.50. The third-order valence-corrected chi connectivity index (χ3v) is 3.07. The van der Waals surface area contributed by atoms with Crippen molar-refractivity contribution < 1.29 is 14.6 Å². The molecule has 0 saturated carbocycles. The summed E-state index contributed by atoms with van der Waals surface area (Å²) >= 11 is 0. The summed E-state index contributed by atoms with van der Waals surface area (Å²) in [4.78, 5) is 11.8. The SMILES string of the molecule is CCCOc1ccccc1/C=N\NC(=O)Cc1ccc(O)cc1. The molecule has 2 N–H and O–H groups in total. The average Bonchev–Trinajstić information content (AvgIpc) is 2.56. The molecular weight excluding hydrogens is 292 g/mol. The molecule has 0 saturated heterocycles. The molecule has 2 aromatic rings. The third kappa shape index (κ3) is 5.47. The Balaban J connectivity index is 1.91. The Kier molecular flexibility index (Phi) is 6.17. The second-order valence-electron chi connectivity index (χ2n) is 5.02. The molecular formula is C18H20N2O3. The zero-order chi connectivity index (χ0) is 16.5. The Bertz CT molecular complexity index is 666. The number of amides is 1. The molecule has 2 rings (SSSR count). The van der Waals surface area contributed by atoms with Crippen molar-refractivity contribution in [1.82, 2.24) is 5.43 Å². The van der Waals surface area contributed by atoms with Gasteiger partial charge in [0.15, 0.2) is 0 Å². The van der Waals surface area contributed by atoms with Crippen molar-refractivity contribution in [3.63, 3.8) is 0 Å². The number of phenolic OH excluding ortho intramolecular Hbond substituents is 1. The number of hydrogen-bond donors (Lipinski definition) is 2. The Morgan fingerprint density at radius 1 is 1.22 bits per heavy atom. The number of nitrogens with zero attached hydrogens (tertiary/aromatic N) is 1. The molecule has 2 aromatic carbocycles. The number of carbonyl (C=O) groups is 1. The quantitative estimate of drug-likeness (QED) is 0.610. The molecule has 0 aliphatic heterocycles. The molecule has 0 heterocycles. The predicted octanol–water partition coefficient (Wildman–Crippen LogP) is 2.87. The lowest BCUT2D eigenvalue weighted by Gasteiger charge is -2.07. The normalized spacial score (nSPS) is 10.7. The summed E-state index contributed by atoms with van der Waals surface area (Å²) < 4.78 is 5.62. The van der Waals surface area contributed by atoms with Gasteiger partial charge in [-0.15, -0.1) is 0 Å². The molecule has 0 aromatic heterocycles. The van der Waals surface area contributed by atoms with Crippen LogP contribution in [0.25, 0.3) is 0 Å². The standard InChI is InChI=1S/C18H20N2O3/c1-2-11-23-17-6-4-3-5-15(17)13-19-20-18(22)12-14-7-9-16(21)10-8-14/h3-10,13,21H,2,11-12H2,1H3,(H,20,22)/b19-13-. The van der Waals surface area contributed by atoms with Crippen LogP contribution in [0.4, 0.5) is 0 Å². The molecule has 0 unspecified atom stereocenters. The lowest BCUT2D eigenvalue weighted by molar-refractivity contribution is -0.120. The Morgan fingerprint density at radius 3 is 2.70 bits per heavy atom. The number of rotatable bonds is 7. The third-order valence-electron chi connectivity index (χ3n) is 3.07. The van der Waals surface area contributed by atoms with Crippen molar-refractivity contribution in [1.29, 1.82) is 0 Å². The maximum atomic E-state index is 11.8. The van der Waals surface area contributed by atoms with E-state index >= 15 is 0 Å². The molecule has 5 heteroatoms. The number of hydrazone groups is 1. The topological polar surface area (TPSA) is 70.9 Å². The van der Waals surface area contributed by atoms with E-state index in [1.807, 2.05) is 31.2 Å². The highest BCUT2D eigenvalue weighted by Crippen LogP contribution is 2.16. The van der Waals surface area contributed by atoms with E-state index in [0.717, 1.165) is 23.3 Å². The highest BCUT2D eigenvalue weighted by atomic mass is 16.5. The molecule has 23 heavy (non-hydrogen) atoms. The molecule has 5 nitrogen and oxygen atoms in total. The summed E-state index contributed by atoms with van der Waals surface area (Å²) in [5.41, 5.74) is 4.11. The summed E-state index contributed by atoms with van der Waals surface area (Å²) in [6, 6.07) is 14.0. The van der Waals surface area contributed by atoms with Gasteiger partial charge in [-0.1, -0.05) is 31.2 Å². The summed E-state index contributed by atoms with van der Waals surface area (Å²) in [5.74, 6) is 0.695. The molecule has 120 valence electrons. The van der Waals surface area contributed by atoms with Gasteiger partial charge >= 0.3 is 0 Å². The van der Waals surface area contributed by atoms with E-state index < -0.39 is 0 Å². The minimum atomic E-state index is -0.223. The second kappa shape index (κ2) is 8.58. The fourth-order valence-corrected chi connectivity index (χ4v) is 1.94. The monoisotopic (exact) mass is 312 g/mol. The van der Waals surface area contributed by atoms with Crippen LogP contribution in [0.15, 0.2) is 53.6 Å². The summed E-state index contributed by atoms with van der Waals surface area (Å²) in [7, 11) is 0. The largest absolute Gasteiger partial charge is 0.508 e. The maximum absolute atomic E-state index is 11.8. The van der Waals surface area contributed by atoms with Crippen LogP contribution in [0.2, 0.25) is 0 Å². The van der Waals surface area contributed by atoms with Crippen molar-refractivity contribution in [2.75, 3.05) is 6.61 Å². The lowest BCUT2D eigenvalue weighted by atomic mass is 10.1. The van der Waals surface area contributed by atoms with Crippen LogP contribution < -0.4 is 10.2 Å². The van der Waals surface area contributed by atoms with Crippen LogP contribution in [0.3, 0.4) is 0 Å². The molecule has 1 amide bonds. The van der Waals surface area contributed by atoms with Gasteiger partial charge in [0.25, 0.3) is 0 Å². The molecule has 0 fully saturated rings. The van der Waals surface area contributed by atoms with Gasteiger partial charge in [0.1, 0.15) is 11.5 Å². The Labute approximate surface area is 135 Å². The van der Waals surface area contributed by atoms with Gasteiger partial charge in [-0.25, -0.2) is 5.43 Å². The molecule has 0 atom stereocenters. The van der Waals surface area contributed by atoms with Crippen molar-refractivity contribution in [2.24, 2.45) is 5.10 Å². The van der Waals surface area contributed by atoms with E-state index in [2.05, 4.69) is 10.5 Å². The van der Waals surface area contributed by atoms with E-state index in [1.165, 1.54) is 0 Å². The van der Waals surface area contributed by atoms with Crippen LogP contribution in [-0.4, -0.2) is 23.8 Å². The van der Waals surface area contributed by atoms with Gasteiger partial charge in [-0.2, -0.15) is 5.10 Å². The number of carbonyl (C=O) groups excluding carboxylic acids is 1. The van der Waals surface area contributed by atoms with Crippen LogP contribution in [0, 0.1) is 0 Å². The summed E-state index contributed by atoms with van der Waals surface area (Å²) in [5, 5.41) is 13.2. The number of ether oxygens (including phenoxy) is 1. The van der Waals surface area contributed by atoms with E-state index in [9.17, 15) is 9.90 Å². The van der Waals surface area contributed by atoms with Crippen molar-refractivity contribution in [2.45, 2.75) is 19.8 Å². The number of phenols is 1. The minimum Gasteiger partial charge on any atom is -0.508 e. The minimum absolute atomic E-state index is 0.177. The molecule has 0 aliphatic rings. The fourth-order valence-electron chi connectivity index (χ4n) is 1.94. The first-order chi connectivity index (χ1) is 11.2. The molecule has 0 aliphatic carbocycles. The highest BCUT2D eigenvalue weighted by Gasteiger charge is 2.03. The Hall–Kier alpha value is -2.82. The average molecular weight is 312 g/mol. The van der Waals surface area contributed by atoms with Crippen LogP contribution >= 0.6 is 0 Å². The van der Waals surface area contributed by atoms with Crippen LogP contribution in [0.1, 0.15) is 24.5 Å². The van der Waals surface area contributed by atoms with Gasteiger partial charge in [0, 0.05) is 5.56 Å². The number of benzene rings is 2. The summed E-state index contributed by atoms with van der Waals surface area (Å²) in [6.45, 7) is 2.68. The van der Waals surface area contributed by atoms with Crippen molar-refractivity contribution >= 4 is 12.1 Å². The van der Waals surface area contributed by atoms with E-state index in [-0.39, 0.29) is 18.1 Å².